The molecule has 1 N–H and O–H groups in total. The van der Waals surface area contributed by atoms with Gasteiger partial charge in [-0.05, 0) is 44.9 Å². The van der Waals surface area contributed by atoms with E-state index < -0.39 is 26.5 Å². The van der Waals surface area contributed by atoms with Crippen molar-refractivity contribution in [3.05, 3.63) is 24.3 Å². The highest BCUT2D eigenvalue weighted by Crippen LogP contribution is 2.43. The van der Waals surface area contributed by atoms with E-state index in [0.717, 1.165) is 44.9 Å². The lowest BCUT2D eigenvalue weighted by Gasteiger charge is -2.24. The van der Waals surface area contributed by atoms with Gasteiger partial charge in [-0.3, -0.25) is 18.6 Å². The molecule has 0 aromatic carbocycles. The van der Waals surface area contributed by atoms with Gasteiger partial charge in [0, 0.05) is 12.8 Å². The number of allylic oxidation sites excluding steroid dienone is 4. The molecule has 0 heterocycles. The maximum atomic E-state index is 12.8. The summed E-state index contributed by atoms with van der Waals surface area (Å²) >= 11 is 0. The van der Waals surface area contributed by atoms with Crippen LogP contribution in [-0.2, 0) is 32.7 Å². The van der Waals surface area contributed by atoms with Gasteiger partial charge in [-0.2, -0.15) is 0 Å². The number of phosphoric acid groups is 1. The smallest absolute Gasteiger partial charge is 0.462 e. The fourth-order valence-corrected chi connectivity index (χ4v) is 11.5. The zero-order chi connectivity index (χ0) is 59.1. The molecule has 9 nitrogen and oxygen atoms in total. The molecule has 0 radical (unpaired) electrons. The molecular weight excluding hydrogens is 1030 g/mol. The number of likely N-dealkylation sites (N-methyl/N-ethyl adjacent to an activating group) is 1. The molecule has 480 valence electrons. The largest absolute Gasteiger partial charge is 0.472 e. The van der Waals surface area contributed by atoms with Crippen LogP contribution in [0.15, 0.2) is 24.3 Å². The molecule has 10 heteroatoms. The summed E-state index contributed by atoms with van der Waals surface area (Å²) in [4.78, 5) is 35.8. The van der Waals surface area contributed by atoms with E-state index in [1.165, 1.54) is 289 Å². The normalized spacial score (nSPS) is 13.2. The summed E-state index contributed by atoms with van der Waals surface area (Å²) in [6, 6.07) is 0. The molecule has 0 bridgehead atoms. The quantitative estimate of drug-likeness (QED) is 0.0211. The zero-order valence-corrected chi connectivity index (χ0v) is 55.7. The minimum atomic E-state index is -4.39. The van der Waals surface area contributed by atoms with Gasteiger partial charge in [0.2, 0.25) is 0 Å². The van der Waals surface area contributed by atoms with Gasteiger partial charge in [-0.15, -0.1) is 0 Å². The van der Waals surface area contributed by atoms with Crippen LogP contribution < -0.4 is 0 Å². The van der Waals surface area contributed by atoms with Crippen molar-refractivity contribution in [1.82, 2.24) is 0 Å². The Labute approximate surface area is 504 Å². The number of quaternary nitrogens is 1. The first-order chi connectivity index (χ1) is 39.5. The molecule has 0 aliphatic rings. The molecule has 2 atom stereocenters. The molecule has 0 fully saturated rings. The minimum Gasteiger partial charge on any atom is -0.462 e. The van der Waals surface area contributed by atoms with Crippen molar-refractivity contribution in [2.24, 2.45) is 0 Å². The van der Waals surface area contributed by atoms with Crippen molar-refractivity contribution >= 4 is 19.8 Å². The third kappa shape index (κ3) is 67.5. The summed E-state index contributed by atoms with van der Waals surface area (Å²) in [7, 11) is 1.49. The Morgan fingerprint density at radius 2 is 0.667 bits per heavy atom. The fraction of sp³-hybridized carbons (Fsp3) is 0.915. The van der Waals surface area contributed by atoms with Crippen molar-refractivity contribution in [2.45, 2.75) is 373 Å². The molecule has 2 unspecified atom stereocenters. The fourth-order valence-electron chi connectivity index (χ4n) is 10.8. The van der Waals surface area contributed by atoms with Crippen molar-refractivity contribution < 1.29 is 42.1 Å². The minimum absolute atomic E-state index is 0.0334. The molecule has 0 aromatic heterocycles. The van der Waals surface area contributed by atoms with Crippen molar-refractivity contribution in [3.8, 4) is 0 Å². The molecule has 0 aliphatic carbocycles. The number of nitrogens with zero attached hydrogens (tertiary/aromatic N) is 1. The van der Waals surface area contributed by atoms with Crippen molar-refractivity contribution in [3.63, 3.8) is 0 Å². The average molecular weight is 1170 g/mol. The molecule has 0 saturated heterocycles. The Morgan fingerprint density at radius 1 is 0.383 bits per heavy atom. The van der Waals surface area contributed by atoms with Gasteiger partial charge in [0.25, 0.3) is 0 Å². The second-order valence-electron chi connectivity index (χ2n) is 25.6. The van der Waals surface area contributed by atoms with Gasteiger partial charge in [0.1, 0.15) is 19.8 Å². The molecule has 81 heavy (non-hydrogen) atoms. The van der Waals surface area contributed by atoms with Crippen LogP contribution >= 0.6 is 7.82 Å². The summed E-state index contributed by atoms with van der Waals surface area (Å²) in [5, 5.41) is 0. The van der Waals surface area contributed by atoms with E-state index in [0.29, 0.717) is 23.9 Å². The van der Waals surface area contributed by atoms with E-state index in [2.05, 4.69) is 38.2 Å². The highest BCUT2D eigenvalue weighted by molar-refractivity contribution is 7.47. The lowest BCUT2D eigenvalue weighted by molar-refractivity contribution is -0.870. The number of ether oxygens (including phenoxy) is 2. The molecule has 0 rings (SSSR count). The average Bonchev–Trinajstić information content (AvgIpc) is 3.44. The van der Waals surface area contributed by atoms with Gasteiger partial charge in [0.15, 0.2) is 6.10 Å². The van der Waals surface area contributed by atoms with Crippen LogP contribution in [0.4, 0.5) is 0 Å². The Kier molecular flexibility index (Phi) is 61.8. The van der Waals surface area contributed by atoms with E-state index in [1.54, 1.807) is 0 Å². The Balaban J connectivity index is 3.88. The van der Waals surface area contributed by atoms with E-state index in [1.807, 2.05) is 21.1 Å². The monoisotopic (exact) mass is 1170 g/mol. The van der Waals surface area contributed by atoms with Crippen LogP contribution in [0.5, 0.6) is 0 Å². The van der Waals surface area contributed by atoms with E-state index in [9.17, 15) is 19.0 Å². The molecule has 0 aromatic rings. The third-order valence-electron chi connectivity index (χ3n) is 16.2. The molecular formula is C71H139NO8P+. The predicted molar refractivity (Wildman–Crippen MR) is 349 cm³/mol. The van der Waals surface area contributed by atoms with Crippen LogP contribution in [0.1, 0.15) is 367 Å². The number of unbranched alkanes of at least 4 members (excludes halogenated alkanes) is 49. The molecule has 0 spiro atoms. The molecule has 0 amide bonds. The zero-order valence-electron chi connectivity index (χ0n) is 54.8. The van der Waals surface area contributed by atoms with E-state index in [4.69, 9.17) is 18.5 Å². The second-order valence-corrected chi connectivity index (χ2v) is 27.1. The van der Waals surface area contributed by atoms with E-state index >= 15 is 0 Å². The topological polar surface area (TPSA) is 108 Å². The highest BCUT2D eigenvalue weighted by atomic mass is 31.2. The van der Waals surface area contributed by atoms with Gasteiger partial charge >= 0.3 is 19.8 Å². The summed E-state index contributed by atoms with van der Waals surface area (Å²) in [6.45, 7) is 4.47. The number of hydrogen-bond donors (Lipinski definition) is 1. The summed E-state index contributed by atoms with van der Waals surface area (Å²) < 4.78 is 34.7. The van der Waals surface area contributed by atoms with Gasteiger partial charge in [-0.1, -0.05) is 334 Å². The van der Waals surface area contributed by atoms with Crippen LogP contribution in [0.25, 0.3) is 0 Å². The summed E-state index contributed by atoms with van der Waals surface area (Å²) in [5.41, 5.74) is 0. The van der Waals surface area contributed by atoms with Gasteiger partial charge in [0.05, 0.1) is 27.7 Å². The van der Waals surface area contributed by atoms with E-state index in [-0.39, 0.29) is 25.6 Å². The summed E-state index contributed by atoms with van der Waals surface area (Å²) in [5.74, 6) is -0.783. The van der Waals surface area contributed by atoms with Crippen LogP contribution in [0, 0.1) is 0 Å². The number of carbonyl (C=O) groups is 2. The van der Waals surface area contributed by atoms with Crippen LogP contribution in [0.2, 0.25) is 0 Å². The predicted octanol–water partition coefficient (Wildman–Crippen LogP) is 22.9. The van der Waals surface area contributed by atoms with Gasteiger partial charge in [-0.25, -0.2) is 4.57 Å². The number of esters is 2. The van der Waals surface area contributed by atoms with Crippen molar-refractivity contribution in [2.75, 3.05) is 47.5 Å². The third-order valence-corrected chi connectivity index (χ3v) is 17.2. The van der Waals surface area contributed by atoms with Crippen LogP contribution in [0.3, 0.4) is 0 Å². The Bertz CT molecular complexity index is 1420. The standard InChI is InChI=1S/C71H138NO8P/c1-6-8-10-12-14-16-18-20-22-24-26-27-28-29-30-31-32-33-34-35-36-37-38-39-40-41-42-43-44-46-47-49-51-53-55-57-59-61-63-70(73)77-67-69(68-79-81(75,76)78-66-65-72(3,4)5)80-71(74)64-62-60-58-56-54-52-50-48-45-25-23-21-19-17-15-13-11-9-7-2/h15,17,21,23,69H,6-14,16,18-20,22,24-68H2,1-5H3/p+1/b17-15-,23-21-. The maximum Gasteiger partial charge on any atom is 0.472 e. The number of carbonyl (C=O) groups excluding carboxylic acids is 2. The molecule has 0 aliphatic heterocycles. The maximum absolute atomic E-state index is 12.8. The SMILES string of the molecule is CCCCC/C=C\C/C=C\CCCCCCCCCCCC(=O)OC(COC(=O)CCCCCCCCCCCCCCCCCCCCCCCCCCCCCCCCCCCCCCCC)COP(=O)(O)OCC[N+](C)(C)C. The summed E-state index contributed by atoms with van der Waals surface area (Å²) in [6.07, 6.45) is 78.8. The Hall–Kier alpha value is -1.51. The lowest BCUT2D eigenvalue weighted by atomic mass is 10.0. The van der Waals surface area contributed by atoms with Gasteiger partial charge < -0.3 is 18.9 Å². The van der Waals surface area contributed by atoms with Crippen molar-refractivity contribution in [1.29, 1.82) is 0 Å². The first-order valence-electron chi connectivity index (χ1n) is 35.6. The lowest BCUT2D eigenvalue weighted by Crippen LogP contribution is -2.37. The first-order valence-corrected chi connectivity index (χ1v) is 37.1. The first kappa shape index (κ1) is 79.5. The molecule has 0 saturated carbocycles. The number of phosphoric ester groups is 1. The highest BCUT2D eigenvalue weighted by Gasteiger charge is 2.27. The second kappa shape index (κ2) is 63.0. The number of hydrogen-bond acceptors (Lipinski definition) is 7. The Morgan fingerprint density at radius 3 is 1.00 bits per heavy atom. The van der Waals surface area contributed by atoms with Crippen LogP contribution in [-0.4, -0.2) is 74.9 Å². The number of rotatable bonds is 67.